The van der Waals surface area contributed by atoms with E-state index in [2.05, 4.69) is 64.9 Å². The number of hydrogen-bond acceptors (Lipinski definition) is 3. The zero-order chi connectivity index (χ0) is 18.8. The second-order valence-corrected chi connectivity index (χ2v) is 9.46. The maximum Gasteiger partial charge on any atom is 0.268 e. The van der Waals surface area contributed by atoms with Crippen molar-refractivity contribution in [3.05, 3.63) is 86.0 Å². The average molecular weight is 505 g/mol. The van der Waals surface area contributed by atoms with Crippen molar-refractivity contribution in [3.63, 3.8) is 0 Å². The topological polar surface area (TPSA) is 46.9 Å². The van der Waals surface area contributed by atoms with Gasteiger partial charge in [-0.2, -0.15) is 0 Å². The summed E-state index contributed by atoms with van der Waals surface area (Å²) in [5.74, 6) is -0.0875. The zero-order valence-corrected chi connectivity index (χ0v) is 18.1. The first kappa shape index (κ1) is 18.4. The molecule has 0 radical (unpaired) electrons. The molecule has 3 heterocycles. The molecule has 0 unspecified atom stereocenters. The molecule has 4 rings (SSSR count). The molecule has 3 aromatic heterocycles. The monoisotopic (exact) mass is 503 g/mol. The number of halogens is 2. The molecule has 0 fully saturated rings. The number of fused-ring (bicyclic) bond motifs is 1. The van der Waals surface area contributed by atoms with Crippen LogP contribution in [0.2, 0.25) is 0 Å². The second-order valence-electron chi connectivity index (χ2n) is 6.09. The molecule has 4 nitrogen and oxygen atoms in total. The predicted octanol–water partition coefficient (Wildman–Crippen LogP) is 5.60. The first-order valence-electron chi connectivity index (χ1n) is 8.30. The first-order valence-corrected chi connectivity index (χ1v) is 10.7. The van der Waals surface area contributed by atoms with E-state index in [1.807, 2.05) is 30.3 Å². The van der Waals surface area contributed by atoms with E-state index in [0.29, 0.717) is 18.8 Å². The van der Waals surface area contributed by atoms with Gasteiger partial charge in [0, 0.05) is 30.0 Å². The second kappa shape index (κ2) is 7.96. The molecule has 0 aliphatic heterocycles. The van der Waals surface area contributed by atoms with Crippen LogP contribution in [0.5, 0.6) is 0 Å². The van der Waals surface area contributed by atoms with Crippen molar-refractivity contribution < 1.29 is 4.79 Å². The minimum atomic E-state index is -0.0875. The van der Waals surface area contributed by atoms with Gasteiger partial charge in [0.25, 0.3) is 5.91 Å². The Balaban J connectivity index is 1.64. The van der Waals surface area contributed by atoms with Gasteiger partial charge in [-0.3, -0.25) is 9.78 Å². The van der Waals surface area contributed by atoms with Crippen LogP contribution < -0.4 is 5.32 Å². The summed E-state index contributed by atoms with van der Waals surface area (Å²) in [5, 5.41) is 3.00. The van der Waals surface area contributed by atoms with Crippen LogP contribution in [0.25, 0.3) is 10.2 Å². The quantitative estimate of drug-likeness (QED) is 0.384. The zero-order valence-electron chi connectivity index (χ0n) is 14.2. The van der Waals surface area contributed by atoms with Gasteiger partial charge in [-0.15, -0.1) is 11.3 Å². The minimum Gasteiger partial charge on any atom is -0.347 e. The molecule has 0 saturated heterocycles. The van der Waals surface area contributed by atoms with Gasteiger partial charge >= 0.3 is 0 Å². The molecule has 1 aromatic carbocycles. The molecule has 1 amide bonds. The van der Waals surface area contributed by atoms with Gasteiger partial charge in [-0.1, -0.05) is 34.1 Å². The Kier molecular flexibility index (Phi) is 5.43. The van der Waals surface area contributed by atoms with Crippen LogP contribution in [0.3, 0.4) is 0 Å². The lowest BCUT2D eigenvalue weighted by atomic mass is 10.2. The molecule has 0 atom stereocenters. The van der Waals surface area contributed by atoms with Crippen LogP contribution in [0.4, 0.5) is 0 Å². The Bertz CT molecular complexity index is 1090. The van der Waals surface area contributed by atoms with Crippen molar-refractivity contribution in [1.82, 2.24) is 14.9 Å². The van der Waals surface area contributed by atoms with Gasteiger partial charge in [0.15, 0.2) is 0 Å². The fraction of sp³-hybridized carbons (Fsp3) is 0.100. The molecule has 0 spiro atoms. The fourth-order valence-corrected chi connectivity index (χ4v) is 4.75. The highest BCUT2D eigenvalue weighted by molar-refractivity contribution is 9.11. The fourth-order valence-electron chi connectivity index (χ4n) is 2.92. The van der Waals surface area contributed by atoms with Crippen molar-refractivity contribution in [2.75, 3.05) is 0 Å². The van der Waals surface area contributed by atoms with E-state index in [-0.39, 0.29) is 5.91 Å². The summed E-state index contributed by atoms with van der Waals surface area (Å²) in [6.07, 6.45) is 3.48. The number of carbonyl (C=O) groups is 1. The number of thiophene rings is 1. The van der Waals surface area contributed by atoms with Crippen LogP contribution in [0.1, 0.15) is 21.6 Å². The van der Waals surface area contributed by atoms with Crippen LogP contribution in [0.15, 0.2) is 69.2 Å². The Morgan fingerprint density at radius 3 is 2.67 bits per heavy atom. The summed E-state index contributed by atoms with van der Waals surface area (Å²) in [6, 6.07) is 16.0. The average Bonchev–Trinajstić information content (AvgIpc) is 3.19. The molecule has 7 heteroatoms. The summed E-state index contributed by atoms with van der Waals surface area (Å²) in [6.45, 7) is 1.09. The van der Waals surface area contributed by atoms with Crippen molar-refractivity contribution in [1.29, 1.82) is 0 Å². The van der Waals surface area contributed by atoms with E-state index >= 15 is 0 Å². The van der Waals surface area contributed by atoms with E-state index in [1.165, 1.54) is 0 Å². The summed E-state index contributed by atoms with van der Waals surface area (Å²) >= 11 is 8.64. The van der Waals surface area contributed by atoms with Crippen LogP contribution in [-0.4, -0.2) is 15.5 Å². The molecule has 27 heavy (non-hydrogen) atoms. The number of carbonyl (C=O) groups excluding carboxylic acids is 1. The molecular formula is C20H15Br2N3OS. The van der Waals surface area contributed by atoms with E-state index in [1.54, 1.807) is 23.7 Å². The number of hydrogen-bond donors (Lipinski definition) is 1. The molecule has 0 bridgehead atoms. The number of nitrogens with one attached hydrogen (secondary N) is 1. The molecule has 0 aliphatic carbocycles. The van der Waals surface area contributed by atoms with E-state index in [4.69, 9.17) is 0 Å². The number of nitrogens with zero attached hydrogens (tertiary/aromatic N) is 2. The van der Waals surface area contributed by atoms with Gasteiger partial charge in [0.2, 0.25) is 0 Å². The predicted molar refractivity (Wildman–Crippen MR) is 116 cm³/mol. The van der Waals surface area contributed by atoms with Crippen LogP contribution in [0, 0.1) is 0 Å². The Morgan fingerprint density at radius 2 is 1.93 bits per heavy atom. The third kappa shape index (κ3) is 4.15. The lowest BCUT2D eigenvalue weighted by Crippen LogP contribution is -2.25. The van der Waals surface area contributed by atoms with E-state index in [9.17, 15) is 4.79 Å². The Hall–Kier alpha value is -1.96. The maximum atomic E-state index is 12.9. The van der Waals surface area contributed by atoms with Gasteiger partial charge in [0.05, 0.1) is 14.0 Å². The lowest BCUT2D eigenvalue weighted by molar-refractivity contribution is 0.0942. The lowest BCUT2D eigenvalue weighted by Gasteiger charge is -2.11. The Labute approximate surface area is 177 Å². The number of pyridine rings is 1. The first-order chi connectivity index (χ1) is 13.1. The summed E-state index contributed by atoms with van der Waals surface area (Å²) in [5.41, 5.74) is 3.83. The highest BCUT2D eigenvalue weighted by atomic mass is 79.9. The van der Waals surface area contributed by atoms with Gasteiger partial charge < -0.3 is 9.88 Å². The van der Waals surface area contributed by atoms with Gasteiger partial charge in [0.1, 0.15) is 5.69 Å². The highest BCUT2D eigenvalue weighted by Gasteiger charge is 2.18. The van der Waals surface area contributed by atoms with Gasteiger partial charge in [-0.25, -0.2) is 0 Å². The third-order valence-corrected chi connectivity index (χ3v) is 6.32. The van der Waals surface area contributed by atoms with Crippen molar-refractivity contribution in [3.8, 4) is 0 Å². The number of aromatic nitrogens is 2. The normalized spacial score (nSPS) is 11.0. The molecule has 0 aliphatic rings. The standard InChI is InChI=1S/C20H15Br2N3OS/c21-15-5-3-13(4-6-15)12-25-16-9-19(22)27-18(16)8-17(25)20(26)24-11-14-2-1-7-23-10-14/h1-10H,11-12H2,(H,24,26). The molecule has 4 aromatic rings. The SMILES string of the molecule is O=C(NCc1cccnc1)c1cc2sc(Br)cc2n1Cc1ccc(Br)cc1. The van der Waals surface area contributed by atoms with Crippen LogP contribution >= 0.6 is 43.2 Å². The number of rotatable bonds is 5. The number of amides is 1. The third-order valence-electron chi connectivity index (χ3n) is 4.22. The van der Waals surface area contributed by atoms with Crippen molar-refractivity contribution in [2.45, 2.75) is 13.1 Å². The largest absolute Gasteiger partial charge is 0.347 e. The Morgan fingerprint density at radius 1 is 1.11 bits per heavy atom. The van der Waals surface area contributed by atoms with E-state index < -0.39 is 0 Å². The molecule has 0 saturated carbocycles. The summed E-state index contributed by atoms with van der Waals surface area (Å²) < 4.78 is 5.25. The minimum absolute atomic E-state index is 0.0875. The van der Waals surface area contributed by atoms with Crippen LogP contribution in [-0.2, 0) is 13.1 Å². The van der Waals surface area contributed by atoms with Crippen molar-refractivity contribution in [2.24, 2.45) is 0 Å². The molecular weight excluding hydrogens is 490 g/mol. The van der Waals surface area contributed by atoms with E-state index in [0.717, 1.165) is 29.6 Å². The number of benzene rings is 1. The molecule has 1 N–H and O–H groups in total. The van der Waals surface area contributed by atoms with Gasteiger partial charge in [-0.05, 0) is 57.4 Å². The molecule has 136 valence electrons. The summed E-state index contributed by atoms with van der Waals surface area (Å²) in [4.78, 5) is 17.0. The maximum absolute atomic E-state index is 12.9. The smallest absolute Gasteiger partial charge is 0.268 e. The highest BCUT2D eigenvalue weighted by Crippen LogP contribution is 2.33. The summed E-state index contributed by atoms with van der Waals surface area (Å²) in [7, 11) is 0. The van der Waals surface area contributed by atoms with Crippen molar-refractivity contribution >= 4 is 59.3 Å².